The molecule has 2 rings (SSSR count). The minimum atomic E-state index is -3.37. The SMILES string of the molecule is CCOP(=O)(OCC)[C@H]1C[C@H](C(=O)OC(C)(C)C)[C@@H](c2ccccc2)N1. The van der Waals surface area contributed by atoms with Gasteiger partial charge in [-0.1, -0.05) is 30.3 Å². The summed E-state index contributed by atoms with van der Waals surface area (Å²) in [6, 6.07) is 9.35. The second kappa shape index (κ2) is 8.66. The van der Waals surface area contributed by atoms with Crippen LogP contribution in [0.15, 0.2) is 30.3 Å². The van der Waals surface area contributed by atoms with Gasteiger partial charge in [-0.15, -0.1) is 0 Å². The van der Waals surface area contributed by atoms with Crippen molar-refractivity contribution >= 4 is 13.6 Å². The molecule has 0 bridgehead atoms. The molecule has 3 atom stereocenters. The third-order valence-corrected chi connectivity index (χ3v) is 6.48. The van der Waals surface area contributed by atoms with Gasteiger partial charge in [0.15, 0.2) is 0 Å². The predicted molar refractivity (Wildman–Crippen MR) is 101 cm³/mol. The number of esters is 1. The van der Waals surface area contributed by atoms with Crippen molar-refractivity contribution < 1.29 is 23.1 Å². The molecular weight excluding hydrogens is 353 g/mol. The Balaban J connectivity index is 2.31. The summed E-state index contributed by atoms with van der Waals surface area (Å²) in [6.07, 6.45) is 0.339. The number of carbonyl (C=O) groups is 1. The van der Waals surface area contributed by atoms with Crippen LogP contribution in [0.3, 0.4) is 0 Å². The van der Waals surface area contributed by atoms with Crippen LogP contribution in [0.1, 0.15) is 52.6 Å². The molecule has 0 aliphatic carbocycles. The molecule has 1 heterocycles. The van der Waals surface area contributed by atoms with E-state index in [4.69, 9.17) is 13.8 Å². The number of benzene rings is 1. The van der Waals surface area contributed by atoms with Gasteiger partial charge in [0.25, 0.3) is 0 Å². The number of rotatable bonds is 7. The van der Waals surface area contributed by atoms with E-state index in [0.717, 1.165) is 5.56 Å². The molecule has 1 fully saturated rings. The third-order valence-electron chi connectivity index (χ3n) is 4.12. The van der Waals surface area contributed by atoms with Crippen LogP contribution in [0.5, 0.6) is 0 Å². The Bertz CT molecular complexity index is 633. The monoisotopic (exact) mass is 383 g/mol. The maximum absolute atomic E-state index is 13.2. The van der Waals surface area contributed by atoms with Gasteiger partial charge in [-0.05, 0) is 46.6 Å². The molecule has 0 spiro atoms. The van der Waals surface area contributed by atoms with Crippen molar-refractivity contribution in [3.63, 3.8) is 0 Å². The van der Waals surface area contributed by atoms with Gasteiger partial charge >= 0.3 is 13.6 Å². The second-order valence-electron chi connectivity index (χ2n) is 7.32. The number of ether oxygens (including phenoxy) is 1. The summed E-state index contributed by atoms with van der Waals surface area (Å²) in [5.41, 5.74) is 0.366. The summed E-state index contributed by atoms with van der Waals surface area (Å²) in [5, 5.41) is 3.32. The summed E-state index contributed by atoms with van der Waals surface area (Å²) >= 11 is 0. The van der Waals surface area contributed by atoms with E-state index in [1.165, 1.54) is 0 Å². The molecule has 0 radical (unpaired) electrons. The molecule has 1 saturated heterocycles. The molecule has 1 N–H and O–H groups in total. The Labute approximate surface area is 156 Å². The molecule has 0 aromatic heterocycles. The highest BCUT2D eigenvalue weighted by atomic mass is 31.2. The first-order valence-corrected chi connectivity index (χ1v) is 10.7. The van der Waals surface area contributed by atoms with Crippen molar-refractivity contribution in [2.45, 2.75) is 58.5 Å². The lowest BCUT2D eigenvalue weighted by Gasteiger charge is -2.25. The fraction of sp³-hybridized carbons (Fsp3) is 0.632. The molecule has 26 heavy (non-hydrogen) atoms. The van der Waals surface area contributed by atoms with Gasteiger partial charge in [0.05, 0.1) is 19.1 Å². The lowest BCUT2D eigenvalue weighted by Crippen LogP contribution is -2.32. The van der Waals surface area contributed by atoms with E-state index in [9.17, 15) is 9.36 Å². The van der Waals surface area contributed by atoms with Gasteiger partial charge in [0.1, 0.15) is 11.4 Å². The van der Waals surface area contributed by atoms with E-state index in [0.29, 0.717) is 6.42 Å². The average Bonchev–Trinajstić information content (AvgIpc) is 3.01. The number of hydrogen-bond acceptors (Lipinski definition) is 6. The van der Waals surface area contributed by atoms with Gasteiger partial charge in [-0.3, -0.25) is 14.7 Å². The van der Waals surface area contributed by atoms with Gasteiger partial charge in [0, 0.05) is 6.04 Å². The van der Waals surface area contributed by atoms with Crippen LogP contribution in [0.2, 0.25) is 0 Å². The average molecular weight is 383 g/mol. The molecular formula is C19H30NO5P. The highest BCUT2D eigenvalue weighted by Crippen LogP contribution is 2.57. The third kappa shape index (κ3) is 5.17. The molecule has 146 valence electrons. The van der Waals surface area contributed by atoms with Crippen molar-refractivity contribution in [3.05, 3.63) is 35.9 Å². The first kappa shape index (κ1) is 21.1. The second-order valence-corrected chi connectivity index (χ2v) is 9.54. The molecule has 7 heteroatoms. The van der Waals surface area contributed by atoms with Crippen molar-refractivity contribution in [1.29, 1.82) is 0 Å². The molecule has 1 aromatic carbocycles. The van der Waals surface area contributed by atoms with Gasteiger partial charge in [-0.25, -0.2) is 0 Å². The molecule has 0 amide bonds. The summed E-state index contributed by atoms with van der Waals surface area (Å²) in [7, 11) is -3.37. The zero-order chi connectivity index (χ0) is 19.4. The predicted octanol–water partition coefficient (Wildman–Crippen LogP) is 4.27. The molecule has 6 nitrogen and oxygen atoms in total. The van der Waals surface area contributed by atoms with E-state index in [1.54, 1.807) is 13.8 Å². The molecule has 1 aliphatic heterocycles. The highest BCUT2D eigenvalue weighted by molar-refractivity contribution is 7.54. The Morgan fingerprint density at radius 1 is 1.15 bits per heavy atom. The van der Waals surface area contributed by atoms with E-state index in [1.807, 2.05) is 51.1 Å². The van der Waals surface area contributed by atoms with Crippen LogP contribution in [0.25, 0.3) is 0 Å². The standard InChI is InChI=1S/C19H30NO5P/c1-6-23-26(22,24-7-2)16-13-15(18(21)25-19(3,4)5)17(20-16)14-11-9-8-10-12-14/h8-12,15-17,20H,6-7,13H2,1-5H3/t15-,16-,17+/m0/s1. The van der Waals surface area contributed by atoms with Crippen molar-refractivity contribution in [2.75, 3.05) is 13.2 Å². The minimum Gasteiger partial charge on any atom is -0.460 e. The number of nitrogens with one attached hydrogen (secondary N) is 1. The Morgan fingerprint density at radius 3 is 2.23 bits per heavy atom. The fourth-order valence-electron chi connectivity index (χ4n) is 3.16. The smallest absolute Gasteiger partial charge is 0.347 e. The molecule has 1 aliphatic rings. The van der Waals surface area contributed by atoms with Crippen LogP contribution in [0.4, 0.5) is 0 Å². The zero-order valence-electron chi connectivity index (χ0n) is 16.2. The Hall–Kier alpha value is -1.20. The summed E-state index contributed by atoms with van der Waals surface area (Å²) in [4.78, 5) is 12.8. The first-order valence-electron chi connectivity index (χ1n) is 9.13. The molecule has 1 aromatic rings. The maximum Gasteiger partial charge on any atom is 0.347 e. The van der Waals surface area contributed by atoms with Crippen molar-refractivity contribution in [2.24, 2.45) is 5.92 Å². The van der Waals surface area contributed by atoms with Gasteiger partial charge in [0.2, 0.25) is 0 Å². The number of hydrogen-bond donors (Lipinski definition) is 1. The maximum atomic E-state index is 13.2. The largest absolute Gasteiger partial charge is 0.460 e. The fourth-order valence-corrected chi connectivity index (χ4v) is 5.15. The van der Waals surface area contributed by atoms with E-state index in [2.05, 4.69) is 5.32 Å². The lowest BCUT2D eigenvalue weighted by molar-refractivity contribution is -0.160. The topological polar surface area (TPSA) is 73.9 Å². The number of carbonyl (C=O) groups excluding carboxylic acids is 1. The van der Waals surface area contributed by atoms with E-state index >= 15 is 0 Å². The summed E-state index contributed by atoms with van der Waals surface area (Å²) < 4.78 is 29.8. The normalized spacial score (nSPS) is 23.8. The van der Waals surface area contributed by atoms with Crippen molar-refractivity contribution in [1.82, 2.24) is 5.32 Å². The minimum absolute atomic E-state index is 0.280. The zero-order valence-corrected chi connectivity index (χ0v) is 17.1. The Kier molecular flexibility index (Phi) is 7.03. The van der Waals surface area contributed by atoms with Gasteiger partial charge in [-0.2, -0.15) is 0 Å². The van der Waals surface area contributed by atoms with Crippen LogP contribution in [-0.4, -0.2) is 30.6 Å². The van der Waals surface area contributed by atoms with Crippen LogP contribution in [-0.2, 0) is 23.1 Å². The van der Waals surface area contributed by atoms with Gasteiger partial charge < -0.3 is 13.8 Å². The van der Waals surface area contributed by atoms with E-state index in [-0.39, 0.29) is 25.2 Å². The Morgan fingerprint density at radius 2 is 1.73 bits per heavy atom. The summed E-state index contributed by atoms with van der Waals surface area (Å²) in [5.74, 6) is -1.32. The first-order chi connectivity index (χ1) is 12.2. The molecule has 0 saturated carbocycles. The summed E-state index contributed by atoms with van der Waals surface area (Å²) in [6.45, 7) is 9.64. The molecule has 0 unspecified atom stereocenters. The van der Waals surface area contributed by atoms with E-state index < -0.39 is 24.9 Å². The van der Waals surface area contributed by atoms with Crippen LogP contribution in [0, 0.1) is 5.92 Å². The van der Waals surface area contributed by atoms with Crippen LogP contribution < -0.4 is 5.32 Å². The van der Waals surface area contributed by atoms with Crippen molar-refractivity contribution in [3.8, 4) is 0 Å². The lowest BCUT2D eigenvalue weighted by atomic mass is 9.94. The highest BCUT2D eigenvalue weighted by Gasteiger charge is 2.49. The van der Waals surface area contributed by atoms with Crippen LogP contribution >= 0.6 is 7.60 Å². The quantitative estimate of drug-likeness (QED) is 0.560.